The second kappa shape index (κ2) is 12.6. The molecule has 0 saturated heterocycles. The molecule has 0 saturated carbocycles. The maximum absolute atomic E-state index is 14.3. The van der Waals surface area contributed by atoms with Crippen LogP contribution >= 0.6 is 0 Å². The summed E-state index contributed by atoms with van der Waals surface area (Å²) in [4.78, 5) is 31.3. The lowest BCUT2D eigenvalue weighted by atomic mass is 10.1. The number of hydrogen-bond donors (Lipinski definition) is 0. The van der Waals surface area contributed by atoms with Gasteiger partial charge < -0.3 is 9.80 Å². The van der Waals surface area contributed by atoms with Gasteiger partial charge in [0, 0.05) is 77.6 Å². The fraction of sp³-hybridized carbons (Fsp3) is 0.393. The van der Waals surface area contributed by atoms with Crippen molar-refractivity contribution >= 4 is 17.5 Å². The van der Waals surface area contributed by atoms with Gasteiger partial charge in [-0.2, -0.15) is 5.10 Å². The molecular formula is C28H33F2N5O2. The number of halogens is 2. The molecule has 0 aliphatic carbocycles. The largest absolute Gasteiger partial charge is 0.337 e. The lowest BCUT2D eigenvalue weighted by molar-refractivity contribution is -0.132. The zero-order chi connectivity index (χ0) is 26.2. The normalized spacial score (nSPS) is 15.2. The number of hydrogen-bond acceptors (Lipinski definition) is 4. The Morgan fingerprint density at radius 3 is 2.49 bits per heavy atom. The van der Waals surface area contributed by atoms with Crippen LogP contribution in [0.15, 0.2) is 60.9 Å². The van der Waals surface area contributed by atoms with Crippen LogP contribution in [0.1, 0.15) is 37.3 Å². The van der Waals surface area contributed by atoms with Gasteiger partial charge >= 0.3 is 0 Å². The van der Waals surface area contributed by atoms with Crippen LogP contribution in [0.5, 0.6) is 0 Å². The van der Waals surface area contributed by atoms with E-state index in [-0.39, 0.29) is 18.4 Å². The third-order valence-corrected chi connectivity index (χ3v) is 6.63. The van der Waals surface area contributed by atoms with Gasteiger partial charge in [-0.25, -0.2) is 8.78 Å². The topological polar surface area (TPSA) is 61.7 Å². The van der Waals surface area contributed by atoms with E-state index in [1.165, 1.54) is 11.8 Å². The maximum atomic E-state index is 14.3. The first kappa shape index (κ1) is 26.5. The minimum atomic E-state index is -1.01. The van der Waals surface area contributed by atoms with E-state index in [0.29, 0.717) is 69.8 Å². The summed E-state index contributed by atoms with van der Waals surface area (Å²) in [5.41, 5.74) is 1.90. The van der Waals surface area contributed by atoms with Gasteiger partial charge in [-0.1, -0.05) is 30.3 Å². The summed E-state index contributed by atoms with van der Waals surface area (Å²) < 4.78 is 30.4. The monoisotopic (exact) mass is 509 g/mol. The Labute approximate surface area is 216 Å². The molecule has 1 aliphatic heterocycles. The quantitative estimate of drug-likeness (QED) is 0.499. The molecule has 0 fully saturated rings. The number of benzene rings is 2. The molecule has 0 radical (unpaired) electrons. The Hall–Kier alpha value is -3.59. The van der Waals surface area contributed by atoms with Crippen LogP contribution in [-0.4, -0.2) is 57.6 Å². The molecule has 9 heteroatoms. The number of carbonyl (C=O) groups excluding carboxylic acids is 2. The van der Waals surface area contributed by atoms with Crippen molar-refractivity contribution in [3.05, 3.63) is 83.7 Å². The van der Waals surface area contributed by atoms with Crippen molar-refractivity contribution < 1.29 is 18.4 Å². The Morgan fingerprint density at radius 1 is 0.973 bits per heavy atom. The van der Waals surface area contributed by atoms with Crippen LogP contribution in [0.4, 0.5) is 14.5 Å². The summed E-state index contributed by atoms with van der Waals surface area (Å²) in [7, 11) is 0. The molecule has 1 aromatic heterocycles. The lowest BCUT2D eigenvalue weighted by Crippen LogP contribution is -2.38. The molecule has 0 bridgehead atoms. The van der Waals surface area contributed by atoms with Crippen LogP contribution in [0, 0.1) is 11.6 Å². The zero-order valence-corrected chi connectivity index (χ0v) is 21.2. The first-order valence-electron chi connectivity index (χ1n) is 12.7. The number of amides is 2. The molecule has 0 unspecified atom stereocenters. The Bertz CT molecular complexity index is 1190. The number of aromatic nitrogens is 2. The SMILES string of the molecule is CC(=O)N1CCCN(Cc2ccccc2)CCN(C(=O)CCCn2cccn2)Cc2cc(F)c(F)cc21. The summed E-state index contributed by atoms with van der Waals surface area (Å²) in [6.07, 6.45) is 5.11. The van der Waals surface area contributed by atoms with Crippen molar-refractivity contribution in [3.8, 4) is 0 Å². The predicted octanol–water partition coefficient (Wildman–Crippen LogP) is 4.23. The molecule has 2 amide bonds. The number of anilines is 1. The van der Waals surface area contributed by atoms with Crippen molar-refractivity contribution in [2.24, 2.45) is 0 Å². The summed E-state index contributed by atoms with van der Waals surface area (Å²) in [6.45, 7) is 4.96. The molecule has 37 heavy (non-hydrogen) atoms. The van der Waals surface area contributed by atoms with Crippen LogP contribution in [0.3, 0.4) is 0 Å². The van der Waals surface area contributed by atoms with E-state index in [1.807, 2.05) is 30.5 Å². The average molecular weight is 510 g/mol. The van der Waals surface area contributed by atoms with Gasteiger partial charge in [0.2, 0.25) is 11.8 Å². The van der Waals surface area contributed by atoms with Gasteiger partial charge in [0.1, 0.15) is 0 Å². The van der Waals surface area contributed by atoms with Gasteiger partial charge in [0.25, 0.3) is 0 Å². The highest BCUT2D eigenvalue weighted by molar-refractivity contribution is 5.92. The highest BCUT2D eigenvalue weighted by Gasteiger charge is 2.24. The van der Waals surface area contributed by atoms with E-state index < -0.39 is 11.6 Å². The number of fused-ring (bicyclic) bond motifs is 1. The van der Waals surface area contributed by atoms with E-state index in [1.54, 1.807) is 15.8 Å². The second-order valence-electron chi connectivity index (χ2n) is 9.37. The molecule has 4 rings (SSSR count). The molecule has 196 valence electrons. The predicted molar refractivity (Wildman–Crippen MR) is 138 cm³/mol. The lowest BCUT2D eigenvalue weighted by Gasteiger charge is -2.28. The molecule has 2 heterocycles. The van der Waals surface area contributed by atoms with Gasteiger partial charge in [0.05, 0.1) is 5.69 Å². The smallest absolute Gasteiger partial charge is 0.223 e. The first-order chi connectivity index (χ1) is 17.9. The van der Waals surface area contributed by atoms with Crippen LogP contribution in [0.25, 0.3) is 0 Å². The van der Waals surface area contributed by atoms with Crippen molar-refractivity contribution in [2.75, 3.05) is 31.1 Å². The zero-order valence-electron chi connectivity index (χ0n) is 21.2. The molecular weight excluding hydrogens is 476 g/mol. The van der Waals surface area contributed by atoms with Crippen LogP contribution in [-0.2, 0) is 29.2 Å². The second-order valence-corrected chi connectivity index (χ2v) is 9.37. The summed E-state index contributed by atoms with van der Waals surface area (Å²) in [5, 5.41) is 4.18. The van der Waals surface area contributed by atoms with Crippen molar-refractivity contribution in [1.82, 2.24) is 19.6 Å². The van der Waals surface area contributed by atoms with E-state index in [2.05, 4.69) is 22.1 Å². The number of carbonyl (C=O) groups is 2. The molecule has 0 spiro atoms. The Balaban J connectivity index is 1.59. The summed E-state index contributed by atoms with van der Waals surface area (Å²) in [6, 6.07) is 14.1. The molecule has 2 aromatic carbocycles. The fourth-order valence-corrected chi connectivity index (χ4v) is 4.71. The van der Waals surface area contributed by atoms with Crippen LogP contribution < -0.4 is 4.90 Å². The minimum Gasteiger partial charge on any atom is -0.337 e. The number of nitrogens with zero attached hydrogens (tertiary/aromatic N) is 5. The molecule has 7 nitrogen and oxygen atoms in total. The van der Waals surface area contributed by atoms with Crippen LogP contribution in [0.2, 0.25) is 0 Å². The Morgan fingerprint density at radius 2 is 1.76 bits per heavy atom. The number of aryl methyl sites for hydroxylation is 1. The summed E-state index contributed by atoms with van der Waals surface area (Å²) >= 11 is 0. The van der Waals surface area contributed by atoms with E-state index >= 15 is 0 Å². The van der Waals surface area contributed by atoms with E-state index in [9.17, 15) is 18.4 Å². The minimum absolute atomic E-state index is 0.0730. The fourth-order valence-electron chi connectivity index (χ4n) is 4.71. The standard InChI is InChI=1S/C28H33F2N5O2/c1-22(36)35-15-7-12-32(20-23-8-3-2-4-9-23)16-17-33(21-24-18-25(29)26(30)19-27(24)35)28(37)10-5-13-34-14-6-11-31-34/h2-4,6,8-9,11,14,18-19H,5,7,10,12-13,15-17,20-21H2,1H3. The van der Waals surface area contributed by atoms with Crippen molar-refractivity contribution in [1.29, 1.82) is 0 Å². The third kappa shape index (κ3) is 7.22. The van der Waals surface area contributed by atoms with Gasteiger partial charge in [-0.3, -0.25) is 19.2 Å². The molecule has 1 aliphatic rings. The van der Waals surface area contributed by atoms with Gasteiger partial charge in [-0.15, -0.1) is 0 Å². The van der Waals surface area contributed by atoms with E-state index in [0.717, 1.165) is 17.7 Å². The van der Waals surface area contributed by atoms with E-state index in [4.69, 9.17) is 0 Å². The van der Waals surface area contributed by atoms with Crippen molar-refractivity contribution in [2.45, 2.75) is 45.8 Å². The first-order valence-corrected chi connectivity index (χ1v) is 12.7. The summed E-state index contributed by atoms with van der Waals surface area (Å²) in [5.74, 6) is -2.33. The maximum Gasteiger partial charge on any atom is 0.223 e. The van der Waals surface area contributed by atoms with Gasteiger partial charge in [0.15, 0.2) is 11.6 Å². The Kier molecular flexibility index (Phi) is 9.00. The highest BCUT2D eigenvalue weighted by Crippen LogP contribution is 2.27. The molecule has 0 N–H and O–H groups in total. The third-order valence-electron chi connectivity index (χ3n) is 6.63. The highest BCUT2D eigenvalue weighted by atomic mass is 19.2. The van der Waals surface area contributed by atoms with Crippen molar-refractivity contribution in [3.63, 3.8) is 0 Å². The average Bonchev–Trinajstić information content (AvgIpc) is 3.39. The number of rotatable bonds is 6. The molecule has 3 aromatic rings. The van der Waals surface area contributed by atoms with Gasteiger partial charge in [-0.05, 0) is 36.1 Å². The molecule has 0 atom stereocenters.